The summed E-state index contributed by atoms with van der Waals surface area (Å²) in [5.74, 6) is 3.68. The number of hydrogen-bond donors (Lipinski definition) is 1. The predicted molar refractivity (Wildman–Crippen MR) is 79.0 cm³/mol. The van der Waals surface area contributed by atoms with Crippen molar-refractivity contribution in [1.29, 1.82) is 0 Å². The van der Waals surface area contributed by atoms with E-state index in [1.165, 1.54) is 12.8 Å². The minimum atomic E-state index is 0.567. The van der Waals surface area contributed by atoms with Gasteiger partial charge in [0.05, 0.1) is 12.8 Å². The molecule has 0 bridgehead atoms. The van der Waals surface area contributed by atoms with E-state index in [-0.39, 0.29) is 0 Å². The van der Waals surface area contributed by atoms with Crippen molar-refractivity contribution in [2.75, 3.05) is 17.3 Å². The minimum Gasteiger partial charge on any atom is -0.467 e. The van der Waals surface area contributed by atoms with Gasteiger partial charge >= 0.3 is 0 Å². The fourth-order valence-corrected chi connectivity index (χ4v) is 2.47. The summed E-state index contributed by atoms with van der Waals surface area (Å²) >= 11 is 0. The summed E-state index contributed by atoms with van der Waals surface area (Å²) in [5, 5.41) is 3.15. The fraction of sp³-hybridized carbons (Fsp3) is 0.467. The molecule has 0 unspecified atom stereocenters. The Balaban J connectivity index is 1.97. The van der Waals surface area contributed by atoms with E-state index in [9.17, 15) is 0 Å². The van der Waals surface area contributed by atoms with Crippen LogP contribution in [0.5, 0.6) is 0 Å². The van der Waals surface area contributed by atoms with Gasteiger partial charge in [-0.05, 0) is 38.8 Å². The maximum absolute atomic E-state index is 5.49. The molecule has 0 saturated heterocycles. The van der Waals surface area contributed by atoms with Gasteiger partial charge in [-0.1, -0.05) is 0 Å². The quantitative estimate of drug-likeness (QED) is 0.907. The highest BCUT2D eigenvalue weighted by Gasteiger charge is 2.32. The Kier molecular flexibility index (Phi) is 3.34. The van der Waals surface area contributed by atoms with Gasteiger partial charge in [0.25, 0.3) is 0 Å². The van der Waals surface area contributed by atoms with Crippen molar-refractivity contribution in [1.82, 2.24) is 9.97 Å². The Hall–Kier alpha value is -2.04. The van der Waals surface area contributed by atoms with Crippen molar-refractivity contribution in [2.45, 2.75) is 39.3 Å². The molecule has 0 aliphatic heterocycles. The zero-order valence-electron chi connectivity index (χ0n) is 12.2. The van der Waals surface area contributed by atoms with Crippen LogP contribution in [0.4, 0.5) is 11.6 Å². The topological polar surface area (TPSA) is 54.2 Å². The van der Waals surface area contributed by atoms with Crippen molar-refractivity contribution in [3.8, 4) is 0 Å². The van der Waals surface area contributed by atoms with Crippen LogP contribution in [-0.4, -0.2) is 23.1 Å². The highest BCUT2D eigenvalue weighted by molar-refractivity contribution is 5.59. The lowest BCUT2D eigenvalue weighted by Gasteiger charge is -2.25. The SMILES string of the molecule is CNc1nc(C)nc(N(Cc2ccco2)C2CC2)c1C. The Labute approximate surface area is 119 Å². The average molecular weight is 272 g/mol. The molecule has 1 fully saturated rings. The van der Waals surface area contributed by atoms with Gasteiger partial charge in [0, 0.05) is 18.7 Å². The van der Waals surface area contributed by atoms with Crippen LogP contribution in [0.2, 0.25) is 0 Å². The van der Waals surface area contributed by atoms with Crippen LogP contribution >= 0.6 is 0 Å². The molecule has 1 aliphatic rings. The third-order valence-corrected chi connectivity index (χ3v) is 3.63. The molecule has 2 heterocycles. The van der Waals surface area contributed by atoms with Crippen LogP contribution < -0.4 is 10.2 Å². The van der Waals surface area contributed by atoms with E-state index < -0.39 is 0 Å². The van der Waals surface area contributed by atoms with Gasteiger partial charge in [-0.3, -0.25) is 0 Å². The van der Waals surface area contributed by atoms with Gasteiger partial charge in [0.15, 0.2) is 0 Å². The molecule has 0 radical (unpaired) electrons. The van der Waals surface area contributed by atoms with E-state index in [1.807, 2.05) is 26.1 Å². The molecule has 20 heavy (non-hydrogen) atoms. The summed E-state index contributed by atoms with van der Waals surface area (Å²) < 4.78 is 5.49. The van der Waals surface area contributed by atoms with Crippen LogP contribution in [0.1, 0.15) is 30.0 Å². The number of hydrogen-bond acceptors (Lipinski definition) is 5. The third kappa shape index (κ3) is 2.48. The fourth-order valence-electron chi connectivity index (χ4n) is 2.47. The molecule has 1 aliphatic carbocycles. The molecule has 1 N–H and O–H groups in total. The first-order valence-corrected chi connectivity index (χ1v) is 7.01. The normalized spacial score (nSPS) is 14.3. The molecule has 0 spiro atoms. The van der Waals surface area contributed by atoms with E-state index in [4.69, 9.17) is 4.42 Å². The van der Waals surface area contributed by atoms with Gasteiger partial charge < -0.3 is 14.6 Å². The molecule has 3 rings (SSSR count). The van der Waals surface area contributed by atoms with Gasteiger partial charge in [-0.2, -0.15) is 0 Å². The van der Waals surface area contributed by atoms with Crippen LogP contribution in [0, 0.1) is 13.8 Å². The van der Waals surface area contributed by atoms with E-state index in [2.05, 4.69) is 27.1 Å². The van der Waals surface area contributed by atoms with Crippen molar-refractivity contribution in [3.05, 3.63) is 35.5 Å². The molecule has 1 saturated carbocycles. The molecule has 2 aromatic rings. The van der Waals surface area contributed by atoms with E-state index in [1.54, 1.807) is 6.26 Å². The van der Waals surface area contributed by atoms with Gasteiger partial charge in [-0.15, -0.1) is 0 Å². The van der Waals surface area contributed by atoms with Gasteiger partial charge in [0.2, 0.25) is 0 Å². The van der Waals surface area contributed by atoms with E-state index in [0.717, 1.165) is 35.3 Å². The second kappa shape index (κ2) is 5.15. The van der Waals surface area contributed by atoms with Crippen LogP contribution in [-0.2, 0) is 6.54 Å². The Morgan fingerprint density at radius 2 is 2.15 bits per heavy atom. The molecule has 0 aromatic carbocycles. The first kappa shape index (κ1) is 13.0. The number of aryl methyl sites for hydroxylation is 1. The average Bonchev–Trinajstić information content (AvgIpc) is 3.15. The monoisotopic (exact) mass is 272 g/mol. The first-order valence-electron chi connectivity index (χ1n) is 7.01. The summed E-state index contributed by atoms with van der Waals surface area (Å²) in [6.45, 7) is 4.76. The lowest BCUT2D eigenvalue weighted by atomic mass is 10.2. The molecule has 2 aromatic heterocycles. The lowest BCUT2D eigenvalue weighted by Crippen LogP contribution is -2.27. The lowest BCUT2D eigenvalue weighted by molar-refractivity contribution is 0.500. The van der Waals surface area contributed by atoms with Crippen molar-refractivity contribution < 1.29 is 4.42 Å². The summed E-state index contributed by atoms with van der Waals surface area (Å²) in [6.07, 6.45) is 4.16. The third-order valence-electron chi connectivity index (χ3n) is 3.63. The zero-order valence-corrected chi connectivity index (χ0v) is 12.2. The van der Waals surface area contributed by atoms with Crippen molar-refractivity contribution >= 4 is 11.6 Å². The predicted octanol–water partition coefficient (Wildman–Crippen LogP) is 2.90. The second-order valence-electron chi connectivity index (χ2n) is 5.26. The Morgan fingerprint density at radius 1 is 1.35 bits per heavy atom. The molecule has 5 heteroatoms. The number of anilines is 2. The standard InChI is InChI=1S/C15H20N4O/c1-10-14(16-3)17-11(2)18-15(10)19(12-6-7-12)9-13-5-4-8-20-13/h4-5,8,12H,6-7,9H2,1-3H3,(H,16,17,18). The van der Waals surface area contributed by atoms with E-state index >= 15 is 0 Å². The maximum Gasteiger partial charge on any atom is 0.138 e. The molecule has 5 nitrogen and oxygen atoms in total. The minimum absolute atomic E-state index is 0.567. The highest BCUT2D eigenvalue weighted by atomic mass is 16.3. The van der Waals surface area contributed by atoms with Gasteiger partial charge in [-0.25, -0.2) is 9.97 Å². The van der Waals surface area contributed by atoms with Crippen LogP contribution in [0.15, 0.2) is 22.8 Å². The molecule has 0 amide bonds. The van der Waals surface area contributed by atoms with Crippen molar-refractivity contribution in [2.24, 2.45) is 0 Å². The summed E-state index contributed by atoms with van der Waals surface area (Å²) in [5.41, 5.74) is 1.09. The number of rotatable bonds is 5. The second-order valence-corrected chi connectivity index (χ2v) is 5.26. The van der Waals surface area contributed by atoms with Gasteiger partial charge in [0.1, 0.15) is 23.2 Å². The summed E-state index contributed by atoms with van der Waals surface area (Å²) in [6, 6.07) is 4.51. The van der Waals surface area contributed by atoms with E-state index in [0.29, 0.717) is 6.04 Å². The number of furan rings is 1. The smallest absolute Gasteiger partial charge is 0.138 e. The Morgan fingerprint density at radius 3 is 2.75 bits per heavy atom. The van der Waals surface area contributed by atoms with Crippen molar-refractivity contribution in [3.63, 3.8) is 0 Å². The summed E-state index contributed by atoms with van der Waals surface area (Å²) in [4.78, 5) is 11.4. The summed E-state index contributed by atoms with van der Waals surface area (Å²) in [7, 11) is 1.90. The Bertz CT molecular complexity index is 590. The highest BCUT2D eigenvalue weighted by Crippen LogP contribution is 2.35. The molecule has 106 valence electrons. The number of nitrogens with one attached hydrogen (secondary N) is 1. The number of nitrogens with zero attached hydrogens (tertiary/aromatic N) is 3. The first-order chi connectivity index (χ1) is 9.69. The van der Waals surface area contributed by atoms with Crippen LogP contribution in [0.25, 0.3) is 0 Å². The molecular formula is C15H20N4O. The zero-order chi connectivity index (χ0) is 14.1. The molecule has 0 atom stereocenters. The largest absolute Gasteiger partial charge is 0.467 e. The number of aromatic nitrogens is 2. The maximum atomic E-state index is 5.49. The molecular weight excluding hydrogens is 252 g/mol. The van der Waals surface area contributed by atoms with Crippen LogP contribution in [0.3, 0.4) is 0 Å².